The Hall–Kier alpha value is -1.56. The smallest absolute Gasteiger partial charge is 0.0257 e. The quantitative estimate of drug-likeness (QED) is 0.607. The highest BCUT2D eigenvalue weighted by Gasteiger charge is 2.53. The zero-order valence-corrected chi connectivity index (χ0v) is 12.6. The first-order chi connectivity index (χ1) is 9.56. The lowest BCUT2D eigenvalue weighted by Gasteiger charge is -2.56. The summed E-state index contributed by atoms with van der Waals surface area (Å²) in [6, 6.07) is 18.3. The van der Waals surface area contributed by atoms with E-state index in [1.54, 1.807) is 22.3 Å². The van der Waals surface area contributed by atoms with E-state index in [2.05, 4.69) is 69.3 Å². The van der Waals surface area contributed by atoms with E-state index >= 15 is 0 Å². The van der Waals surface area contributed by atoms with Gasteiger partial charge in [0, 0.05) is 11.3 Å². The fourth-order valence-electron chi connectivity index (χ4n) is 4.82. The van der Waals surface area contributed by atoms with E-state index in [0.29, 0.717) is 5.92 Å². The largest absolute Gasteiger partial charge is 0.0620 e. The number of fused-ring (bicyclic) bond motifs is 1. The summed E-state index contributed by atoms with van der Waals surface area (Å²) in [6.45, 7) is 7.23. The molecule has 0 N–H and O–H groups in total. The van der Waals surface area contributed by atoms with E-state index in [0.717, 1.165) is 0 Å². The van der Waals surface area contributed by atoms with E-state index in [-0.39, 0.29) is 10.8 Å². The highest BCUT2D eigenvalue weighted by Crippen LogP contribution is 2.62. The van der Waals surface area contributed by atoms with Crippen LogP contribution in [0.25, 0.3) is 0 Å². The molecule has 0 heterocycles. The topological polar surface area (TPSA) is 0 Å². The third kappa shape index (κ3) is 1.28. The van der Waals surface area contributed by atoms with Gasteiger partial charge in [-0.25, -0.2) is 0 Å². The molecule has 2 bridgehead atoms. The zero-order valence-electron chi connectivity index (χ0n) is 12.6. The minimum atomic E-state index is 0.189. The summed E-state index contributed by atoms with van der Waals surface area (Å²) in [5, 5.41) is 0. The Labute approximate surface area is 121 Å². The Morgan fingerprint density at radius 1 is 0.850 bits per heavy atom. The number of hydrogen-bond acceptors (Lipinski definition) is 0. The molecule has 5 rings (SSSR count). The molecule has 20 heavy (non-hydrogen) atoms. The second kappa shape index (κ2) is 3.75. The van der Waals surface area contributed by atoms with Crippen molar-refractivity contribution in [3.63, 3.8) is 0 Å². The molecule has 0 atom stereocenters. The molecular formula is C20H22. The predicted molar refractivity (Wildman–Crippen MR) is 84.2 cm³/mol. The van der Waals surface area contributed by atoms with Gasteiger partial charge in [0.1, 0.15) is 0 Å². The van der Waals surface area contributed by atoms with Gasteiger partial charge in [-0.15, -0.1) is 0 Å². The van der Waals surface area contributed by atoms with Crippen molar-refractivity contribution in [2.24, 2.45) is 5.41 Å². The monoisotopic (exact) mass is 262 g/mol. The summed E-state index contributed by atoms with van der Waals surface area (Å²) in [6.07, 6.45) is 2.58. The lowest BCUT2D eigenvalue weighted by molar-refractivity contribution is 0.179. The molecule has 102 valence electrons. The minimum Gasteiger partial charge on any atom is -0.0620 e. The van der Waals surface area contributed by atoms with Crippen molar-refractivity contribution in [2.75, 3.05) is 0 Å². The molecule has 0 spiro atoms. The summed E-state index contributed by atoms with van der Waals surface area (Å²) in [7, 11) is 0. The highest BCUT2D eigenvalue weighted by molar-refractivity contribution is 5.60. The van der Waals surface area contributed by atoms with Crippen LogP contribution in [0.1, 0.15) is 61.8 Å². The third-order valence-electron chi connectivity index (χ3n) is 5.68. The maximum atomic E-state index is 2.41. The first-order valence-electron chi connectivity index (χ1n) is 7.74. The van der Waals surface area contributed by atoms with Gasteiger partial charge in [-0.1, -0.05) is 69.3 Å². The van der Waals surface area contributed by atoms with Gasteiger partial charge in [-0.2, -0.15) is 0 Å². The fraction of sp³-hybridized carbons (Fsp3) is 0.400. The molecule has 3 aliphatic carbocycles. The molecule has 0 saturated heterocycles. The van der Waals surface area contributed by atoms with Crippen LogP contribution in [-0.4, -0.2) is 0 Å². The van der Waals surface area contributed by atoms with Crippen molar-refractivity contribution >= 4 is 0 Å². The van der Waals surface area contributed by atoms with Crippen molar-refractivity contribution in [3.05, 3.63) is 70.8 Å². The third-order valence-corrected chi connectivity index (χ3v) is 5.68. The summed E-state index contributed by atoms with van der Waals surface area (Å²) < 4.78 is 0. The lowest BCUT2D eigenvalue weighted by atomic mass is 9.47. The normalized spacial score (nSPS) is 27.1. The van der Waals surface area contributed by atoms with Crippen LogP contribution in [0.4, 0.5) is 0 Å². The summed E-state index contributed by atoms with van der Waals surface area (Å²) >= 11 is 0. The van der Waals surface area contributed by atoms with Crippen molar-refractivity contribution in [1.82, 2.24) is 0 Å². The lowest BCUT2D eigenvalue weighted by Crippen LogP contribution is -2.48. The maximum absolute atomic E-state index is 2.41. The van der Waals surface area contributed by atoms with E-state index in [9.17, 15) is 0 Å². The molecule has 2 aromatic carbocycles. The standard InChI is InChI=1S/C20H22/c1-19(2,3)20-13-12-14(15-8-4-6-10-17(15)20)16-9-5-7-11-18(16)20/h4-11,14H,12-13H2,1-3H3. The van der Waals surface area contributed by atoms with E-state index < -0.39 is 0 Å². The maximum Gasteiger partial charge on any atom is 0.0257 e. The molecule has 0 aromatic heterocycles. The Kier molecular flexibility index (Phi) is 2.29. The molecule has 0 radical (unpaired) electrons. The van der Waals surface area contributed by atoms with Gasteiger partial charge in [0.25, 0.3) is 0 Å². The Morgan fingerprint density at radius 2 is 1.35 bits per heavy atom. The predicted octanol–water partition coefficient (Wildman–Crippen LogP) is 5.26. The van der Waals surface area contributed by atoms with Crippen molar-refractivity contribution in [2.45, 2.75) is 44.9 Å². The first kappa shape index (κ1) is 12.2. The zero-order chi connectivity index (χ0) is 14.0. The number of benzene rings is 2. The molecule has 0 heteroatoms. The number of hydrogen-bond donors (Lipinski definition) is 0. The molecule has 0 aliphatic heterocycles. The van der Waals surface area contributed by atoms with Crippen LogP contribution in [0.15, 0.2) is 48.5 Å². The van der Waals surface area contributed by atoms with Gasteiger partial charge in [0.05, 0.1) is 0 Å². The van der Waals surface area contributed by atoms with Gasteiger partial charge in [-0.3, -0.25) is 0 Å². The van der Waals surface area contributed by atoms with Crippen molar-refractivity contribution in [1.29, 1.82) is 0 Å². The molecule has 3 aliphatic rings. The number of rotatable bonds is 0. The average Bonchev–Trinajstić information content (AvgIpc) is 2.47. The van der Waals surface area contributed by atoms with E-state index in [1.807, 2.05) is 0 Å². The Balaban J connectivity index is 2.13. The second-order valence-electron chi connectivity index (χ2n) is 7.42. The van der Waals surface area contributed by atoms with E-state index in [1.165, 1.54) is 12.8 Å². The van der Waals surface area contributed by atoms with Crippen molar-refractivity contribution < 1.29 is 0 Å². The molecule has 0 nitrogen and oxygen atoms in total. The summed E-state index contributed by atoms with van der Waals surface area (Å²) in [5.41, 5.74) is 6.75. The van der Waals surface area contributed by atoms with Gasteiger partial charge in [0.2, 0.25) is 0 Å². The van der Waals surface area contributed by atoms with Gasteiger partial charge in [0.15, 0.2) is 0 Å². The molecule has 2 aromatic rings. The van der Waals surface area contributed by atoms with Crippen LogP contribution in [0.2, 0.25) is 0 Å². The van der Waals surface area contributed by atoms with Gasteiger partial charge in [-0.05, 0) is 40.5 Å². The summed E-state index contributed by atoms with van der Waals surface area (Å²) in [4.78, 5) is 0. The molecule has 0 saturated carbocycles. The van der Waals surface area contributed by atoms with Crippen LogP contribution in [0.5, 0.6) is 0 Å². The van der Waals surface area contributed by atoms with Crippen LogP contribution in [-0.2, 0) is 5.41 Å². The van der Waals surface area contributed by atoms with Gasteiger partial charge < -0.3 is 0 Å². The summed E-state index contributed by atoms with van der Waals surface area (Å²) in [5.74, 6) is 0.617. The van der Waals surface area contributed by atoms with Crippen LogP contribution < -0.4 is 0 Å². The molecule has 0 amide bonds. The van der Waals surface area contributed by atoms with Crippen LogP contribution in [0, 0.1) is 5.41 Å². The molecular weight excluding hydrogens is 240 g/mol. The van der Waals surface area contributed by atoms with Crippen LogP contribution >= 0.6 is 0 Å². The Bertz CT molecular complexity index is 625. The molecule has 0 fully saturated rings. The Morgan fingerprint density at radius 3 is 1.85 bits per heavy atom. The molecule has 0 unspecified atom stereocenters. The van der Waals surface area contributed by atoms with Crippen molar-refractivity contribution in [3.8, 4) is 0 Å². The van der Waals surface area contributed by atoms with E-state index in [4.69, 9.17) is 0 Å². The van der Waals surface area contributed by atoms with Crippen LogP contribution in [0.3, 0.4) is 0 Å². The SMILES string of the molecule is CC(C)(C)C12CCC(c3ccccc31)c1ccccc12. The first-order valence-corrected chi connectivity index (χ1v) is 7.74. The minimum absolute atomic E-state index is 0.189. The highest BCUT2D eigenvalue weighted by atomic mass is 14.6. The second-order valence-corrected chi connectivity index (χ2v) is 7.42. The fourth-order valence-corrected chi connectivity index (χ4v) is 4.82. The average molecular weight is 262 g/mol. The van der Waals surface area contributed by atoms with Gasteiger partial charge >= 0.3 is 0 Å².